The molecule has 0 radical (unpaired) electrons. The molecule has 0 unspecified atom stereocenters. The largest absolute Gasteiger partial charge is 0.509 e. The molecular weight excluding hydrogens is 280 g/mol. The second kappa shape index (κ2) is 7.64. The molecule has 0 aromatic heterocycles. The van der Waals surface area contributed by atoms with Gasteiger partial charge in [-0.2, -0.15) is 0 Å². The average Bonchev–Trinajstić information content (AvgIpc) is 2.82. The highest BCUT2D eigenvalue weighted by atomic mass is 16.3. The highest BCUT2D eigenvalue weighted by molar-refractivity contribution is 6.26. The second-order valence-corrected chi connectivity index (χ2v) is 5.37. The number of rotatable bonds is 7. The number of carbonyl (C=O) groups excluding carboxylic acids is 2. The van der Waals surface area contributed by atoms with Crippen molar-refractivity contribution in [1.82, 2.24) is 5.32 Å². The highest BCUT2D eigenvalue weighted by Crippen LogP contribution is 2.24. The molecule has 1 heterocycles. The zero-order chi connectivity index (χ0) is 15.9. The van der Waals surface area contributed by atoms with Crippen molar-refractivity contribution in [2.75, 3.05) is 18.0 Å². The number of aliphatic hydroxyl groups excluding tert-OH is 1. The van der Waals surface area contributed by atoms with Gasteiger partial charge in [0.15, 0.2) is 0 Å². The van der Waals surface area contributed by atoms with Gasteiger partial charge in [0.25, 0.3) is 11.8 Å². The van der Waals surface area contributed by atoms with Gasteiger partial charge in [-0.3, -0.25) is 9.59 Å². The van der Waals surface area contributed by atoms with Crippen LogP contribution in [0.4, 0.5) is 5.69 Å². The van der Waals surface area contributed by atoms with E-state index in [0.717, 1.165) is 25.7 Å². The van der Waals surface area contributed by atoms with Crippen LogP contribution in [-0.4, -0.2) is 30.0 Å². The van der Waals surface area contributed by atoms with Crippen LogP contribution in [0.3, 0.4) is 0 Å². The van der Waals surface area contributed by atoms with Gasteiger partial charge in [0.2, 0.25) is 0 Å². The van der Waals surface area contributed by atoms with Gasteiger partial charge in [0, 0.05) is 12.2 Å². The molecule has 0 atom stereocenters. The summed E-state index contributed by atoms with van der Waals surface area (Å²) in [4.78, 5) is 25.8. The van der Waals surface area contributed by atoms with E-state index < -0.39 is 11.8 Å². The predicted molar refractivity (Wildman–Crippen MR) is 85.6 cm³/mol. The lowest BCUT2D eigenvalue weighted by molar-refractivity contribution is -0.122. The molecule has 0 saturated carbocycles. The molecular formula is C17H22N2O3. The summed E-state index contributed by atoms with van der Waals surface area (Å²) in [6.07, 6.45) is 4.19. The van der Waals surface area contributed by atoms with Gasteiger partial charge in [-0.05, 0) is 18.6 Å². The van der Waals surface area contributed by atoms with Crippen molar-refractivity contribution in [1.29, 1.82) is 0 Å². The van der Waals surface area contributed by atoms with Crippen LogP contribution >= 0.6 is 0 Å². The van der Waals surface area contributed by atoms with E-state index >= 15 is 0 Å². The third-order valence-electron chi connectivity index (χ3n) is 3.67. The molecule has 5 nitrogen and oxygen atoms in total. The summed E-state index contributed by atoms with van der Waals surface area (Å²) in [5.41, 5.74) is 0.532. The monoisotopic (exact) mass is 302 g/mol. The van der Waals surface area contributed by atoms with Gasteiger partial charge in [0.1, 0.15) is 11.3 Å². The first-order valence-corrected chi connectivity index (χ1v) is 7.72. The molecule has 2 N–H and O–H groups in total. The molecule has 0 bridgehead atoms. The van der Waals surface area contributed by atoms with Crippen LogP contribution in [-0.2, 0) is 9.59 Å². The number of nitrogens with one attached hydrogen (secondary N) is 1. The SMILES string of the molecule is CCCCCCNC(=O)C1=C(O)CN(c2ccccc2)C1=O. The van der Waals surface area contributed by atoms with E-state index in [1.807, 2.05) is 18.2 Å². The molecule has 1 aromatic carbocycles. The standard InChI is InChI=1S/C17H22N2O3/c1-2-3-4-8-11-18-16(21)15-14(20)12-19(17(15)22)13-9-6-5-7-10-13/h5-7,9-10,20H,2-4,8,11-12H2,1H3,(H,18,21). The molecule has 2 amide bonds. The van der Waals surface area contributed by atoms with Gasteiger partial charge < -0.3 is 15.3 Å². The smallest absolute Gasteiger partial charge is 0.267 e. The Morgan fingerprint density at radius 2 is 1.95 bits per heavy atom. The minimum absolute atomic E-state index is 0.0431. The van der Waals surface area contributed by atoms with Crippen molar-refractivity contribution in [3.63, 3.8) is 0 Å². The summed E-state index contributed by atoms with van der Waals surface area (Å²) < 4.78 is 0. The number of aliphatic hydroxyl groups is 1. The molecule has 2 rings (SSSR count). The summed E-state index contributed by atoms with van der Waals surface area (Å²) in [5.74, 6) is -1.10. The molecule has 5 heteroatoms. The van der Waals surface area contributed by atoms with Crippen LogP contribution in [0.5, 0.6) is 0 Å². The zero-order valence-corrected chi connectivity index (χ0v) is 12.8. The first-order valence-electron chi connectivity index (χ1n) is 7.72. The van der Waals surface area contributed by atoms with E-state index in [1.165, 1.54) is 4.90 Å². The number of unbranched alkanes of at least 4 members (excludes halogenated alkanes) is 3. The minimum atomic E-state index is -0.488. The number of hydrogen-bond donors (Lipinski definition) is 2. The Morgan fingerprint density at radius 1 is 1.23 bits per heavy atom. The summed E-state index contributed by atoms with van der Waals surface area (Å²) in [5, 5.41) is 12.7. The fraction of sp³-hybridized carbons (Fsp3) is 0.412. The van der Waals surface area contributed by atoms with Crippen LogP contribution in [0.2, 0.25) is 0 Å². The van der Waals surface area contributed by atoms with Gasteiger partial charge >= 0.3 is 0 Å². The fourth-order valence-corrected chi connectivity index (χ4v) is 2.45. The van der Waals surface area contributed by atoms with E-state index in [1.54, 1.807) is 12.1 Å². The average molecular weight is 302 g/mol. The molecule has 0 saturated heterocycles. The molecule has 118 valence electrons. The summed E-state index contributed by atoms with van der Waals surface area (Å²) in [6, 6.07) is 9.02. The summed E-state index contributed by atoms with van der Waals surface area (Å²) >= 11 is 0. The lowest BCUT2D eigenvalue weighted by atomic mass is 10.2. The second-order valence-electron chi connectivity index (χ2n) is 5.37. The van der Waals surface area contributed by atoms with Crippen LogP contribution in [0, 0.1) is 0 Å². The molecule has 1 aromatic rings. The summed E-state index contributed by atoms with van der Waals surface area (Å²) in [7, 11) is 0. The van der Waals surface area contributed by atoms with Crippen molar-refractivity contribution < 1.29 is 14.7 Å². The Balaban J connectivity index is 1.95. The quantitative estimate of drug-likeness (QED) is 0.600. The van der Waals surface area contributed by atoms with Crippen molar-refractivity contribution in [2.24, 2.45) is 0 Å². The van der Waals surface area contributed by atoms with Gasteiger partial charge in [-0.1, -0.05) is 44.4 Å². The van der Waals surface area contributed by atoms with E-state index in [0.29, 0.717) is 12.2 Å². The molecule has 0 spiro atoms. The topological polar surface area (TPSA) is 69.6 Å². The van der Waals surface area contributed by atoms with Gasteiger partial charge in [-0.25, -0.2) is 0 Å². The molecule has 22 heavy (non-hydrogen) atoms. The number of carbonyl (C=O) groups is 2. The number of nitrogens with zero attached hydrogens (tertiary/aromatic N) is 1. The highest BCUT2D eigenvalue weighted by Gasteiger charge is 2.35. The Labute approximate surface area is 130 Å². The van der Waals surface area contributed by atoms with Crippen LogP contribution in [0.25, 0.3) is 0 Å². The Morgan fingerprint density at radius 3 is 2.64 bits per heavy atom. The van der Waals surface area contributed by atoms with Crippen LogP contribution in [0.1, 0.15) is 32.6 Å². The first-order chi connectivity index (χ1) is 10.6. The number of hydrogen-bond acceptors (Lipinski definition) is 3. The van der Waals surface area contributed by atoms with Crippen LogP contribution < -0.4 is 10.2 Å². The van der Waals surface area contributed by atoms with E-state index in [-0.39, 0.29) is 17.9 Å². The minimum Gasteiger partial charge on any atom is -0.509 e. The third-order valence-corrected chi connectivity index (χ3v) is 3.67. The normalized spacial score (nSPS) is 14.6. The third kappa shape index (κ3) is 3.67. The fourth-order valence-electron chi connectivity index (χ4n) is 2.45. The molecule has 1 aliphatic rings. The summed E-state index contributed by atoms with van der Waals surface area (Å²) in [6.45, 7) is 2.69. The maximum absolute atomic E-state index is 12.3. The first kappa shape index (κ1) is 16.1. The molecule has 0 aliphatic carbocycles. The lowest BCUT2D eigenvalue weighted by Gasteiger charge is -2.15. The molecule has 1 aliphatic heterocycles. The predicted octanol–water partition coefficient (Wildman–Crippen LogP) is 2.54. The molecule has 0 fully saturated rings. The number of amides is 2. The Kier molecular flexibility index (Phi) is 5.58. The number of para-hydroxylation sites is 1. The van der Waals surface area contributed by atoms with Crippen LogP contribution in [0.15, 0.2) is 41.7 Å². The van der Waals surface area contributed by atoms with Crippen molar-refractivity contribution in [3.05, 3.63) is 41.7 Å². The van der Waals surface area contributed by atoms with E-state index in [4.69, 9.17) is 0 Å². The van der Waals surface area contributed by atoms with Gasteiger partial charge in [-0.15, -0.1) is 0 Å². The van der Waals surface area contributed by atoms with Gasteiger partial charge in [0.05, 0.1) is 6.54 Å². The van der Waals surface area contributed by atoms with E-state index in [9.17, 15) is 14.7 Å². The zero-order valence-electron chi connectivity index (χ0n) is 12.8. The Bertz CT molecular complexity index is 567. The van der Waals surface area contributed by atoms with Crippen molar-refractivity contribution in [2.45, 2.75) is 32.6 Å². The maximum Gasteiger partial charge on any atom is 0.267 e. The van der Waals surface area contributed by atoms with Crippen molar-refractivity contribution >= 4 is 17.5 Å². The maximum atomic E-state index is 12.3. The number of anilines is 1. The van der Waals surface area contributed by atoms with E-state index in [2.05, 4.69) is 12.2 Å². The van der Waals surface area contributed by atoms with Crippen molar-refractivity contribution in [3.8, 4) is 0 Å². The number of benzene rings is 1. The Hall–Kier alpha value is -2.30. The lowest BCUT2D eigenvalue weighted by Crippen LogP contribution is -2.33.